The first-order chi connectivity index (χ1) is 8.15. The lowest BCUT2D eigenvalue weighted by Crippen LogP contribution is -1.95. The van der Waals surface area contributed by atoms with Gasteiger partial charge in [-0.25, -0.2) is 0 Å². The van der Waals surface area contributed by atoms with Gasteiger partial charge in [0.25, 0.3) is 0 Å². The van der Waals surface area contributed by atoms with Crippen LogP contribution in [0.5, 0.6) is 0 Å². The summed E-state index contributed by atoms with van der Waals surface area (Å²) in [6.45, 7) is 0. The third-order valence-electron chi connectivity index (χ3n) is 2.06. The van der Waals surface area contributed by atoms with Crippen molar-refractivity contribution in [2.45, 2.75) is 19.3 Å². The summed E-state index contributed by atoms with van der Waals surface area (Å²) in [5.41, 5.74) is 0.913. The van der Waals surface area contributed by atoms with Crippen LogP contribution in [0.2, 0.25) is 0 Å². The summed E-state index contributed by atoms with van der Waals surface area (Å²) in [4.78, 5) is 10.4. The zero-order valence-electron chi connectivity index (χ0n) is 8.72. The highest BCUT2D eigenvalue weighted by Gasteiger charge is 2.10. The van der Waals surface area contributed by atoms with Crippen LogP contribution in [-0.4, -0.2) is 21.3 Å². The van der Waals surface area contributed by atoms with Crippen LogP contribution in [0.3, 0.4) is 0 Å². The number of aromatic nitrogens is 2. The van der Waals surface area contributed by atoms with Crippen molar-refractivity contribution in [1.82, 2.24) is 10.2 Å². The van der Waals surface area contributed by atoms with E-state index in [4.69, 9.17) is 9.52 Å². The van der Waals surface area contributed by atoms with Gasteiger partial charge in [-0.15, -0.1) is 21.5 Å². The molecule has 7 heteroatoms. The molecule has 2 aromatic heterocycles. The maximum absolute atomic E-state index is 10.4. The number of aliphatic carboxylic acids is 1. The normalized spacial score (nSPS) is 10.6. The first kappa shape index (κ1) is 12.5. The van der Waals surface area contributed by atoms with Gasteiger partial charge in [0.15, 0.2) is 0 Å². The quantitative estimate of drug-likeness (QED) is 0.826. The molecule has 17 heavy (non-hydrogen) atoms. The summed E-state index contributed by atoms with van der Waals surface area (Å²) in [7, 11) is 0. The van der Waals surface area contributed by atoms with E-state index in [1.165, 1.54) is 0 Å². The number of carbonyl (C=O) groups is 1. The number of nitrogens with zero attached hydrogens (tertiary/aromatic N) is 2. The largest absolute Gasteiger partial charge is 0.481 e. The van der Waals surface area contributed by atoms with Crippen LogP contribution in [0.15, 0.2) is 15.9 Å². The fraction of sp³-hybridized carbons (Fsp3) is 0.300. The summed E-state index contributed by atoms with van der Waals surface area (Å²) >= 11 is 3.84. The second-order valence-corrected chi connectivity index (χ2v) is 6.19. The van der Waals surface area contributed by atoms with Crippen LogP contribution >= 0.6 is 33.9 Å². The van der Waals surface area contributed by atoms with Gasteiger partial charge in [-0.05, 0) is 35.1 Å². The summed E-state index contributed by atoms with van der Waals surface area (Å²) in [6.07, 6.45) is 1.13. The summed E-state index contributed by atoms with van der Waals surface area (Å²) in [6, 6.07) is 1.97. The van der Waals surface area contributed by atoms with Gasteiger partial charge < -0.3 is 9.52 Å². The van der Waals surface area contributed by atoms with E-state index in [1.54, 1.807) is 11.3 Å². The van der Waals surface area contributed by atoms with Crippen molar-refractivity contribution in [2.24, 2.45) is 0 Å². The van der Waals surface area contributed by atoms with Gasteiger partial charge in [-0.3, -0.25) is 4.79 Å². The zero-order chi connectivity index (χ0) is 12.3. The highest BCUT2D eigenvalue weighted by atomic mass is 127. The van der Waals surface area contributed by atoms with E-state index in [0.29, 0.717) is 24.6 Å². The maximum atomic E-state index is 10.4. The molecule has 0 aliphatic carbocycles. The molecule has 0 amide bonds. The second-order valence-electron chi connectivity index (χ2n) is 3.39. The molecule has 0 aliphatic rings. The van der Waals surface area contributed by atoms with Gasteiger partial charge >= 0.3 is 5.97 Å². The van der Waals surface area contributed by atoms with Crippen molar-refractivity contribution < 1.29 is 14.3 Å². The fourth-order valence-corrected chi connectivity index (χ4v) is 2.60. The van der Waals surface area contributed by atoms with E-state index >= 15 is 0 Å². The van der Waals surface area contributed by atoms with E-state index in [2.05, 4.69) is 32.8 Å². The standard InChI is InChI=1S/C10H9IN2O3S/c11-7-4-6(5-17-7)10-13-12-8(16-10)2-1-3-9(14)15/h4-5H,1-3H2,(H,14,15). The van der Waals surface area contributed by atoms with Crippen LogP contribution in [0.4, 0.5) is 0 Å². The van der Waals surface area contributed by atoms with Crippen molar-refractivity contribution in [3.05, 3.63) is 20.2 Å². The first-order valence-corrected chi connectivity index (χ1v) is 6.89. The highest BCUT2D eigenvalue weighted by molar-refractivity contribution is 14.1. The van der Waals surface area contributed by atoms with Crippen LogP contribution in [0.25, 0.3) is 11.5 Å². The lowest BCUT2D eigenvalue weighted by Gasteiger charge is -1.91. The van der Waals surface area contributed by atoms with Gasteiger partial charge in [-0.2, -0.15) is 0 Å². The molecule has 0 bridgehead atoms. The molecule has 0 radical (unpaired) electrons. The molecule has 0 unspecified atom stereocenters. The number of hydrogen-bond donors (Lipinski definition) is 1. The molecule has 0 aromatic carbocycles. The zero-order valence-corrected chi connectivity index (χ0v) is 11.7. The molecule has 2 rings (SSSR count). The monoisotopic (exact) mass is 364 g/mol. The average Bonchev–Trinajstić information content (AvgIpc) is 2.86. The minimum absolute atomic E-state index is 0.119. The Morgan fingerprint density at radius 1 is 1.53 bits per heavy atom. The Morgan fingerprint density at radius 3 is 3.00 bits per heavy atom. The van der Waals surface area contributed by atoms with Crippen molar-refractivity contribution in [1.29, 1.82) is 0 Å². The Kier molecular flexibility index (Phi) is 4.11. The molecular weight excluding hydrogens is 355 g/mol. The van der Waals surface area contributed by atoms with Crippen LogP contribution < -0.4 is 0 Å². The van der Waals surface area contributed by atoms with E-state index in [-0.39, 0.29) is 6.42 Å². The Hall–Kier alpha value is -0.960. The van der Waals surface area contributed by atoms with Gasteiger partial charge in [0.1, 0.15) is 0 Å². The highest BCUT2D eigenvalue weighted by Crippen LogP contribution is 2.25. The number of aryl methyl sites for hydroxylation is 1. The first-order valence-electron chi connectivity index (χ1n) is 4.94. The molecule has 0 atom stereocenters. The Bertz CT molecular complexity index is 523. The Morgan fingerprint density at radius 2 is 2.35 bits per heavy atom. The molecule has 90 valence electrons. The van der Waals surface area contributed by atoms with E-state index < -0.39 is 5.97 Å². The minimum Gasteiger partial charge on any atom is -0.481 e. The maximum Gasteiger partial charge on any atom is 0.303 e. The molecule has 1 N–H and O–H groups in total. The molecule has 0 spiro atoms. The number of halogens is 1. The van der Waals surface area contributed by atoms with Gasteiger partial charge in [0, 0.05) is 18.2 Å². The Labute approximate surface area is 115 Å². The van der Waals surface area contributed by atoms with Crippen molar-refractivity contribution in [2.75, 3.05) is 0 Å². The lowest BCUT2D eigenvalue weighted by atomic mass is 10.2. The molecule has 2 aromatic rings. The van der Waals surface area contributed by atoms with Crippen LogP contribution in [0.1, 0.15) is 18.7 Å². The molecular formula is C10H9IN2O3S. The summed E-state index contributed by atoms with van der Waals surface area (Å²) in [5.74, 6) is 0.175. The number of hydrogen-bond acceptors (Lipinski definition) is 5. The molecule has 0 fully saturated rings. The number of thiophene rings is 1. The Balaban J connectivity index is 1.98. The van der Waals surface area contributed by atoms with Gasteiger partial charge in [0.2, 0.25) is 11.8 Å². The van der Waals surface area contributed by atoms with E-state index in [0.717, 1.165) is 8.45 Å². The molecule has 0 saturated heterocycles. The predicted octanol–water partition coefficient (Wildman–Crippen LogP) is 2.81. The smallest absolute Gasteiger partial charge is 0.303 e. The third-order valence-corrected chi connectivity index (χ3v) is 3.85. The summed E-state index contributed by atoms with van der Waals surface area (Å²) < 4.78 is 6.61. The van der Waals surface area contributed by atoms with Crippen molar-refractivity contribution in [3.8, 4) is 11.5 Å². The van der Waals surface area contributed by atoms with Crippen LogP contribution in [-0.2, 0) is 11.2 Å². The van der Waals surface area contributed by atoms with Crippen molar-refractivity contribution >= 4 is 39.9 Å². The third kappa shape index (κ3) is 3.50. The number of carboxylic acids is 1. The van der Waals surface area contributed by atoms with Gasteiger partial charge in [0.05, 0.1) is 8.45 Å². The SMILES string of the molecule is O=C(O)CCCc1nnc(-c2csc(I)c2)o1. The lowest BCUT2D eigenvalue weighted by molar-refractivity contribution is -0.137. The number of rotatable bonds is 5. The minimum atomic E-state index is -0.808. The van der Waals surface area contributed by atoms with Crippen molar-refractivity contribution in [3.63, 3.8) is 0 Å². The molecule has 2 heterocycles. The van der Waals surface area contributed by atoms with E-state index in [1.807, 2.05) is 11.4 Å². The predicted molar refractivity (Wildman–Crippen MR) is 70.9 cm³/mol. The molecule has 5 nitrogen and oxygen atoms in total. The summed E-state index contributed by atoms with van der Waals surface area (Å²) in [5, 5.41) is 18.3. The molecule has 0 saturated carbocycles. The second kappa shape index (κ2) is 5.58. The average molecular weight is 364 g/mol. The number of carboxylic acid groups (broad SMARTS) is 1. The van der Waals surface area contributed by atoms with E-state index in [9.17, 15) is 4.79 Å². The molecule has 0 aliphatic heterocycles. The fourth-order valence-electron chi connectivity index (χ4n) is 1.28. The van der Waals surface area contributed by atoms with Gasteiger partial charge in [-0.1, -0.05) is 0 Å². The topological polar surface area (TPSA) is 76.2 Å². The van der Waals surface area contributed by atoms with Crippen LogP contribution in [0, 0.1) is 2.88 Å².